The molecule has 2 fully saturated rings. The Bertz CT molecular complexity index is 1550. The summed E-state index contributed by atoms with van der Waals surface area (Å²) >= 11 is 0. The second kappa shape index (κ2) is 14.0. The highest BCUT2D eigenvalue weighted by Gasteiger charge is 2.55. The Hall–Kier alpha value is -4.29. The van der Waals surface area contributed by atoms with E-state index >= 15 is 0 Å². The molecule has 4 aromatic rings. The predicted molar refractivity (Wildman–Crippen MR) is 178 cm³/mol. The van der Waals surface area contributed by atoms with Crippen LogP contribution in [-0.4, -0.2) is 47.9 Å². The number of esters is 1. The highest BCUT2D eigenvalue weighted by atomic mass is 19.1. The van der Waals surface area contributed by atoms with Crippen LogP contribution in [0.1, 0.15) is 61.3 Å². The number of ether oxygens (including phenoxy) is 1. The number of likely N-dealkylation sites (tertiary alicyclic amines) is 2. The summed E-state index contributed by atoms with van der Waals surface area (Å²) in [4.78, 5) is 31.6. The van der Waals surface area contributed by atoms with Crippen LogP contribution in [0.3, 0.4) is 0 Å². The Morgan fingerprint density at radius 1 is 0.804 bits per heavy atom. The van der Waals surface area contributed by atoms with Gasteiger partial charge in [0.1, 0.15) is 16.8 Å². The van der Waals surface area contributed by atoms with Crippen molar-refractivity contribution in [3.8, 4) is 0 Å². The minimum absolute atomic E-state index is 0.0992. The van der Waals surface area contributed by atoms with Crippen molar-refractivity contribution in [2.24, 2.45) is 5.92 Å². The Kier molecular flexibility index (Phi) is 9.64. The summed E-state index contributed by atoms with van der Waals surface area (Å²) in [5.74, 6) is -0.268. The number of amides is 1. The summed E-state index contributed by atoms with van der Waals surface area (Å²) in [6.45, 7) is 5.53. The summed E-state index contributed by atoms with van der Waals surface area (Å²) in [5, 5.41) is 0. The molecule has 6 heteroatoms. The molecular weight excluding hydrogens is 575 g/mol. The molecule has 0 saturated carbocycles. The summed E-state index contributed by atoms with van der Waals surface area (Å²) in [6.07, 6.45) is 3.46. The van der Waals surface area contributed by atoms with Gasteiger partial charge in [-0.1, -0.05) is 110 Å². The number of carbonyl (C=O) groups is 2. The van der Waals surface area contributed by atoms with Gasteiger partial charge < -0.3 is 14.5 Å². The molecule has 0 radical (unpaired) electrons. The van der Waals surface area contributed by atoms with Gasteiger partial charge in [-0.2, -0.15) is 0 Å². The van der Waals surface area contributed by atoms with Gasteiger partial charge in [-0.25, -0.2) is 4.39 Å². The fraction of sp³-hybridized carbons (Fsp3) is 0.350. The maximum absolute atomic E-state index is 14.7. The van der Waals surface area contributed by atoms with E-state index in [1.54, 1.807) is 19.1 Å². The smallest absolute Gasteiger partial charge is 0.306 e. The molecule has 0 aliphatic carbocycles. The first-order valence-electron chi connectivity index (χ1n) is 16.6. The second-order valence-corrected chi connectivity index (χ2v) is 12.7. The average molecular weight is 619 g/mol. The van der Waals surface area contributed by atoms with Crippen LogP contribution < -0.4 is 0 Å². The topological polar surface area (TPSA) is 49.9 Å². The van der Waals surface area contributed by atoms with E-state index in [1.807, 2.05) is 54.6 Å². The highest BCUT2D eigenvalue weighted by Crippen LogP contribution is 2.48. The van der Waals surface area contributed by atoms with Gasteiger partial charge in [-0.05, 0) is 59.7 Å². The van der Waals surface area contributed by atoms with Gasteiger partial charge in [-0.3, -0.25) is 9.59 Å². The van der Waals surface area contributed by atoms with Crippen LogP contribution in [0.25, 0.3) is 0 Å². The van der Waals surface area contributed by atoms with Crippen molar-refractivity contribution in [3.05, 3.63) is 143 Å². The van der Waals surface area contributed by atoms with Crippen molar-refractivity contribution >= 4 is 11.9 Å². The Labute approximate surface area is 272 Å². The molecule has 6 rings (SSSR count). The fourth-order valence-electron chi connectivity index (χ4n) is 7.64. The van der Waals surface area contributed by atoms with Gasteiger partial charge in [0.15, 0.2) is 0 Å². The van der Waals surface area contributed by atoms with E-state index in [9.17, 15) is 14.0 Å². The van der Waals surface area contributed by atoms with Gasteiger partial charge in [0, 0.05) is 45.4 Å². The first-order valence-corrected chi connectivity index (χ1v) is 16.6. The monoisotopic (exact) mass is 618 g/mol. The number of halogens is 1. The Morgan fingerprint density at radius 3 is 1.93 bits per heavy atom. The molecule has 0 spiro atoms. The number of carbonyl (C=O) groups excluding carboxylic acids is 2. The van der Waals surface area contributed by atoms with E-state index in [0.717, 1.165) is 54.7 Å². The van der Waals surface area contributed by atoms with Crippen LogP contribution in [-0.2, 0) is 31.9 Å². The summed E-state index contributed by atoms with van der Waals surface area (Å²) in [6, 6.07) is 37.3. The standard InChI is InChI=1S/C40H43FN2O3/c1-2-37(44)46-39(32-20-22-36(41)23-21-32)24-27-42(28-25-39)26-12-19-35-30-43(29-31-13-6-3-7-14-31)38(45)40(35,33-15-8-4-9-16-33)34-17-10-5-11-18-34/h3-11,13-18,20-23,35H,2,12,19,24-30H2,1H3. The SMILES string of the molecule is CCC(=O)OC1(c2ccc(F)cc2)CCN(CCCC2CN(Cc3ccccc3)C(=O)C2(c2ccccc2)c2ccccc2)CC1. The number of hydrogen-bond donors (Lipinski definition) is 0. The molecule has 46 heavy (non-hydrogen) atoms. The minimum atomic E-state index is -0.759. The quantitative estimate of drug-likeness (QED) is 0.164. The molecular formula is C40H43FN2O3. The third kappa shape index (κ3) is 6.36. The molecule has 1 amide bonds. The molecule has 2 aliphatic heterocycles. The molecule has 0 bridgehead atoms. The zero-order valence-corrected chi connectivity index (χ0v) is 26.6. The fourth-order valence-corrected chi connectivity index (χ4v) is 7.64. The zero-order valence-electron chi connectivity index (χ0n) is 26.6. The normalized spacial score (nSPS) is 19.2. The van der Waals surface area contributed by atoms with Crippen LogP contribution in [0.15, 0.2) is 115 Å². The van der Waals surface area contributed by atoms with E-state index in [1.165, 1.54) is 12.1 Å². The zero-order chi connectivity index (χ0) is 32.0. The second-order valence-electron chi connectivity index (χ2n) is 12.7. The predicted octanol–water partition coefficient (Wildman–Crippen LogP) is 7.50. The van der Waals surface area contributed by atoms with Crippen molar-refractivity contribution in [2.75, 3.05) is 26.2 Å². The Balaban J connectivity index is 1.21. The van der Waals surface area contributed by atoms with Crippen LogP contribution in [0, 0.1) is 11.7 Å². The van der Waals surface area contributed by atoms with Crippen molar-refractivity contribution in [2.45, 2.75) is 56.6 Å². The number of hydrogen-bond acceptors (Lipinski definition) is 4. The van der Waals surface area contributed by atoms with Gasteiger partial charge in [0.2, 0.25) is 5.91 Å². The summed E-state index contributed by atoms with van der Waals surface area (Å²) in [5.41, 5.74) is 2.59. The summed E-state index contributed by atoms with van der Waals surface area (Å²) < 4.78 is 19.8. The molecule has 1 atom stereocenters. The van der Waals surface area contributed by atoms with E-state index in [0.29, 0.717) is 32.4 Å². The summed E-state index contributed by atoms with van der Waals surface area (Å²) in [7, 11) is 0. The first-order chi connectivity index (χ1) is 22.4. The van der Waals surface area contributed by atoms with Crippen LogP contribution >= 0.6 is 0 Å². The molecule has 5 nitrogen and oxygen atoms in total. The maximum atomic E-state index is 14.7. The molecule has 2 aliphatic rings. The van der Waals surface area contributed by atoms with Gasteiger partial charge in [0.05, 0.1) is 0 Å². The van der Waals surface area contributed by atoms with Crippen molar-refractivity contribution in [1.82, 2.24) is 9.80 Å². The molecule has 4 aromatic carbocycles. The van der Waals surface area contributed by atoms with E-state index in [2.05, 4.69) is 46.2 Å². The van der Waals surface area contributed by atoms with E-state index < -0.39 is 11.0 Å². The van der Waals surface area contributed by atoms with Gasteiger partial charge in [0.25, 0.3) is 0 Å². The molecule has 238 valence electrons. The largest absolute Gasteiger partial charge is 0.454 e. The average Bonchev–Trinajstić information content (AvgIpc) is 3.37. The highest BCUT2D eigenvalue weighted by molar-refractivity contribution is 5.94. The van der Waals surface area contributed by atoms with Gasteiger partial charge in [-0.15, -0.1) is 0 Å². The van der Waals surface area contributed by atoms with E-state index in [4.69, 9.17) is 4.74 Å². The number of nitrogens with zero attached hydrogens (tertiary/aromatic N) is 2. The first kappa shape index (κ1) is 31.7. The lowest BCUT2D eigenvalue weighted by molar-refractivity contribution is -0.166. The third-order valence-corrected chi connectivity index (χ3v) is 10.0. The maximum Gasteiger partial charge on any atom is 0.306 e. The lowest BCUT2D eigenvalue weighted by Gasteiger charge is -2.42. The van der Waals surface area contributed by atoms with Crippen LogP contribution in [0.4, 0.5) is 4.39 Å². The number of benzene rings is 4. The Morgan fingerprint density at radius 2 is 1.37 bits per heavy atom. The molecule has 2 heterocycles. The lowest BCUT2D eigenvalue weighted by Crippen LogP contribution is -2.45. The molecule has 1 unspecified atom stereocenters. The van der Waals surface area contributed by atoms with Crippen molar-refractivity contribution in [3.63, 3.8) is 0 Å². The van der Waals surface area contributed by atoms with E-state index in [-0.39, 0.29) is 23.6 Å². The molecule has 0 aromatic heterocycles. The number of rotatable bonds is 11. The van der Waals surface area contributed by atoms with Gasteiger partial charge >= 0.3 is 5.97 Å². The van der Waals surface area contributed by atoms with Crippen molar-refractivity contribution < 1.29 is 18.7 Å². The third-order valence-electron chi connectivity index (χ3n) is 10.0. The molecule has 0 N–H and O–H groups in total. The lowest BCUT2D eigenvalue weighted by atomic mass is 9.66. The minimum Gasteiger partial charge on any atom is -0.454 e. The van der Waals surface area contributed by atoms with Crippen molar-refractivity contribution in [1.29, 1.82) is 0 Å². The van der Waals surface area contributed by atoms with Crippen LogP contribution in [0.2, 0.25) is 0 Å². The number of piperidine rings is 1. The van der Waals surface area contributed by atoms with Crippen LogP contribution in [0.5, 0.6) is 0 Å². The molecule has 2 saturated heterocycles.